The van der Waals surface area contributed by atoms with Gasteiger partial charge in [-0.3, -0.25) is 0 Å². The van der Waals surface area contributed by atoms with Crippen molar-refractivity contribution < 1.29 is 0 Å². The molecular weight excluding hydrogens is 380 g/mol. The van der Waals surface area contributed by atoms with E-state index in [1.165, 1.54) is 0 Å². The molecular formula is C4H13Cl7Si3. The minimum atomic E-state index is -2.19. The molecule has 0 rings (SSSR count). The summed E-state index contributed by atoms with van der Waals surface area (Å²) in [4.78, 5) is 0. The van der Waals surface area contributed by atoms with Crippen LogP contribution in [0.4, 0.5) is 0 Å². The molecule has 0 aliphatic carbocycles. The van der Waals surface area contributed by atoms with Crippen LogP contribution in [0.2, 0.25) is 26.2 Å². The molecule has 10 heteroatoms. The van der Waals surface area contributed by atoms with Crippen molar-refractivity contribution in [3.05, 3.63) is 0 Å². The van der Waals surface area contributed by atoms with Crippen LogP contribution in [0.5, 0.6) is 0 Å². The molecule has 0 spiro atoms. The summed E-state index contributed by atoms with van der Waals surface area (Å²) in [6.07, 6.45) is 0. The van der Waals surface area contributed by atoms with Gasteiger partial charge in [0.15, 0.2) is 0 Å². The van der Waals surface area contributed by atoms with Gasteiger partial charge in [-0.25, -0.2) is 0 Å². The van der Waals surface area contributed by atoms with E-state index >= 15 is 0 Å². The largest absolute Gasteiger partial charge is 0.338 e. The van der Waals surface area contributed by atoms with Crippen molar-refractivity contribution in [2.75, 3.05) is 0 Å². The van der Waals surface area contributed by atoms with E-state index < -0.39 is 20.1 Å². The van der Waals surface area contributed by atoms with Crippen LogP contribution < -0.4 is 0 Å². The fourth-order valence-electron chi connectivity index (χ4n) is 0. The lowest BCUT2D eigenvalue weighted by atomic mass is 11.9. The van der Waals surface area contributed by atoms with Gasteiger partial charge in [0.2, 0.25) is 14.1 Å². The van der Waals surface area contributed by atoms with E-state index in [1.54, 1.807) is 6.55 Å². The Hall–Kier alpha value is 2.68. The van der Waals surface area contributed by atoms with E-state index in [2.05, 4.69) is 0 Å². The van der Waals surface area contributed by atoms with Crippen LogP contribution in [-0.2, 0) is 0 Å². The molecule has 0 aromatic heterocycles. The topological polar surface area (TPSA) is 0 Å². The van der Waals surface area contributed by atoms with Crippen molar-refractivity contribution in [1.29, 1.82) is 0 Å². The van der Waals surface area contributed by atoms with Gasteiger partial charge in [-0.2, -0.15) is 22.2 Å². The first kappa shape index (κ1) is 21.9. The maximum absolute atomic E-state index is 5.43. The van der Waals surface area contributed by atoms with Gasteiger partial charge in [0.05, 0.1) is 0 Å². The zero-order chi connectivity index (χ0) is 12.6. The molecule has 0 unspecified atom stereocenters. The van der Waals surface area contributed by atoms with Gasteiger partial charge in [0.25, 0.3) is 0 Å². The lowest BCUT2D eigenvalue weighted by Crippen LogP contribution is -2.02. The van der Waals surface area contributed by atoms with Crippen molar-refractivity contribution >= 4 is 97.7 Å². The van der Waals surface area contributed by atoms with Crippen molar-refractivity contribution in [2.24, 2.45) is 0 Å². The second-order valence-corrected chi connectivity index (χ2v) is 27.3. The van der Waals surface area contributed by atoms with E-state index in [-0.39, 0.29) is 0 Å². The molecule has 0 nitrogen and oxygen atoms in total. The number of rotatable bonds is 0. The third-order valence-electron chi connectivity index (χ3n) is 0. The first-order valence-corrected chi connectivity index (χ1v) is 18.7. The third-order valence-corrected chi connectivity index (χ3v) is 0. The summed E-state index contributed by atoms with van der Waals surface area (Å²) in [5.41, 5.74) is 0. The average molecular weight is 394 g/mol. The molecule has 0 saturated heterocycles. The van der Waals surface area contributed by atoms with Crippen LogP contribution in [0.1, 0.15) is 0 Å². The molecule has 0 amide bonds. The Morgan fingerprint density at radius 2 is 0.786 bits per heavy atom. The highest BCUT2D eigenvalue weighted by Crippen LogP contribution is 2.17. The number of hydrogen-bond donors (Lipinski definition) is 0. The van der Waals surface area contributed by atoms with Crippen LogP contribution in [0.15, 0.2) is 0 Å². The molecule has 0 N–H and O–H groups in total. The SMILES string of the molecule is C[SiH](Cl)Cl.C[Si](C)(Cl)Cl.C[Si](Cl)(Cl)Cl. The second kappa shape index (κ2) is 10.8. The van der Waals surface area contributed by atoms with E-state index in [9.17, 15) is 0 Å². The van der Waals surface area contributed by atoms with Crippen LogP contribution >= 0.6 is 77.6 Å². The summed E-state index contributed by atoms with van der Waals surface area (Å²) in [7, 11) is -1.19. The van der Waals surface area contributed by atoms with Gasteiger partial charge in [-0.15, -0.1) is 55.4 Å². The van der Waals surface area contributed by atoms with Crippen molar-refractivity contribution in [3.63, 3.8) is 0 Å². The van der Waals surface area contributed by atoms with E-state index in [0.29, 0.717) is 0 Å². The summed E-state index contributed by atoms with van der Waals surface area (Å²) in [6.45, 7) is 5.51. The normalized spacial score (nSPS) is 11.1. The quantitative estimate of drug-likeness (QED) is 0.363. The Balaban J connectivity index is -0.000000131. The third kappa shape index (κ3) is 382. The van der Waals surface area contributed by atoms with Gasteiger partial charge in [0.1, 0.15) is 0 Å². The highest BCUT2D eigenvalue weighted by atomic mass is 35.8. The van der Waals surface area contributed by atoms with E-state index in [1.807, 2.05) is 19.6 Å². The highest BCUT2D eigenvalue weighted by Gasteiger charge is 2.13. The monoisotopic (exact) mass is 390 g/mol. The minimum absolute atomic E-state index is 1.19. The number of halogens is 7. The van der Waals surface area contributed by atoms with Crippen molar-refractivity contribution in [1.82, 2.24) is 0 Å². The maximum atomic E-state index is 5.43. The molecule has 0 saturated carbocycles. The zero-order valence-corrected chi connectivity index (χ0v) is 16.7. The standard InChI is InChI=1S/C2H6Cl2Si.CH3Cl3Si.CH4Cl2Si/c2*1-5(2,3)4;1-4(2)3/h1-2H3;1H3;4H,1H3. The Kier molecular flexibility index (Phi) is 16.9. The molecule has 0 radical (unpaired) electrons. The molecule has 0 atom stereocenters. The molecule has 0 fully saturated rings. The predicted molar refractivity (Wildman–Crippen MR) is 83.1 cm³/mol. The molecule has 0 heterocycles. The molecule has 0 bridgehead atoms. The van der Waals surface area contributed by atoms with Crippen LogP contribution in [-0.4, -0.2) is 20.1 Å². The van der Waals surface area contributed by atoms with Gasteiger partial charge in [-0.1, -0.05) is 0 Å². The Bertz CT molecular complexity index is 90.3. The molecule has 0 aromatic rings. The van der Waals surface area contributed by atoms with Crippen molar-refractivity contribution in [2.45, 2.75) is 26.2 Å². The molecule has 0 aromatic carbocycles. The molecule has 90 valence electrons. The summed E-state index contributed by atoms with van der Waals surface area (Å²) < 4.78 is 0. The lowest BCUT2D eigenvalue weighted by molar-refractivity contribution is 2.06. The minimum Gasteiger partial charge on any atom is -0.151 e. The summed E-state index contributed by atoms with van der Waals surface area (Å²) in [5, 5.41) is 0. The Labute approximate surface area is 123 Å². The van der Waals surface area contributed by atoms with Crippen LogP contribution in [0, 0.1) is 0 Å². The highest BCUT2D eigenvalue weighted by molar-refractivity contribution is 7.64. The summed E-state index contributed by atoms with van der Waals surface area (Å²) in [5.74, 6) is 0. The first-order chi connectivity index (χ1) is 5.73. The lowest BCUT2D eigenvalue weighted by Gasteiger charge is -1.93. The Morgan fingerprint density at radius 1 is 0.786 bits per heavy atom. The molecule has 14 heavy (non-hydrogen) atoms. The zero-order valence-electron chi connectivity index (χ0n) is 8.22. The summed E-state index contributed by atoms with van der Waals surface area (Å²) >= 11 is 36.8. The maximum Gasteiger partial charge on any atom is 0.338 e. The van der Waals surface area contributed by atoms with Crippen LogP contribution in [0.3, 0.4) is 0 Å². The Morgan fingerprint density at radius 3 is 0.786 bits per heavy atom. The summed E-state index contributed by atoms with van der Waals surface area (Å²) in [6, 6.07) is -2.19. The smallest absolute Gasteiger partial charge is 0.151 e. The average Bonchev–Trinajstić information content (AvgIpc) is 1.45. The molecule has 0 aliphatic rings. The van der Waals surface area contributed by atoms with Gasteiger partial charge < -0.3 is 0 Å². The van der Waals surface area contributed by atoms with Crippen LogP contribution in [0.25, 0.3) is 0 Å². The fraction of sp³-hybridized carbons (Fsp3) is 1.00. The van der Waals surface area contributed by atoms with Gasteiger partial charge in [0, 0.05) is 0 Å². The number of hydrogen-bond acceptors (Lipinski definition) is 0. The van der Waals surface area contributed by atoms with Gasteiger partial charge >= 0.3 is 6.00 Å². The van der Waals surface area contributed by atoms with E-state index in [4.69, 9.17) is 77.6 Å². The van der Waals surface area contributed by atoms with E-state index in [0.717, 1.165) is 0 Å². The predicted octanol–water partition coefficient (Wildman–Crippen LogP) is 5.75. The fourth-order valence-corrected chi connectivity index (χ4v) is 0. The first-order valence-electron chi connectivity index (χ1n) is 3.46. The van der Waals surface area contributed by atoms with Gasteiger partial charge in [-0.05, 0) is 26.2 Å². The van der Waals surface area contributed by atoms with Crippen molar-refractivity contribution in [3.8, 4) is 0 Å². The molecule has 0 aliphatic heterocycles. The second-order valence-electron chi connectivity index (χ2n) is 2.63.